The molecule has 2 aromatic rings. The van der Waals surface area contributed by atoms with E-state index in [1.165, 1.54) is 5.56 Å². The van der Waals surface area contributed by atoms with E-state index in [1.807, 2.05) is 35.2 Å². The van der Waals surface area contributed by atoms with Gasteiger partial charge in [0.05, 0.1) is 18.4 Å². The molecule has 7 nitrogen and oxygen atoms in total. The van der Waals surface area contributed by atoms with Crippen LogP contribution in [0.15, 0.2) is 36.4 Å². The molecule has 0 aliphatic carbocycles. The maximum Gasteiger partial charge on any atom is 0.261 e. The molecule has 0 spiro atoms. The Morgan fingerprint density at radius 2 is 1.85 bits per heavy atom. The van der Waals surface area contributed by atoms with E-state index in [1.54, 1.807) is 0 Å². The Kier molecular flexibility index (Phi) is 9.24. The summed E-state index contributed by atoms with van der Waals surface area (Å²) in [5.74, 6) is 0.366. The number of halogens is 1. The maximum atomic E-state index is 12.7. The van der Waals surface area contributed by atoms with Crippen molar-refractivity contribution in [1.29, 1.82) is 0 Å². The standard InChI is InChI=1S/C24H27ClN2O2.CH4O3S/c25-21-8-2-1-6-17(21)10-12-26-11-4-3-9-22(28)19-14-18-7-5-13-27-23(29)16-20(15-19)24(18)27;1-5(2,3)4/h1-2,6,8,14-15,26H,3-5,7,9-13,16H2;1H3,(H,2,3,4). The molecule has 34 heavy (non-hydrogen) atoms. The van der Waals surface area contributed by atoms with Crippen molar-refractivity contribution in [2.45, 2.75) is 44.9 Å². The van der Waals surface area contributed by atoms with Crippen LogP contribution in [-0.2, 0) is 34.2 Å². The van der Waals surface area contributed by atoms with Crippen molar-refractivity contribution in [3.05, 3.63) is 63.7 Å². The molecule has 0 aromatic heterocycles. The molecular formula is C25H31ClN2O5S. The van der Waals surface area contributed by atoms with Crippen LogP contribution in [-0.4, -0.2) is 50.6 Å². The maximum absolute atomic E-state index is 12.7. The van der Waals surface area contributed by atoms with Gasteiger partial charge in [0.25, 0.3) is 10.1 Å². The van der Waals surface area contributed by atoms with Gasteiger partial charge in [-0.2, -0.15) is 8.42 Å². The largest absolute Gasteiger partial charge is 0.316 e. The van der Waals surface area contributed by atoms with Gasteiger partial charge in [0.2, 0.25) is 5.91 Å². The van der Waals surface area contributed by atoms with E-state index in [9.17, 15) is 18.0 Å². The Labute approximate surface area is 206 Å². The van der Waals surface area contributed by atoms with Gasteiger partial charge in [-0.1, -0.05) is 29.8 Å². The number of rotatable bonds is 9. The average Bonchev–Trinajstić information content (AvgIpc) is 3.09. The van der Waals surface area contributed by atoms with Crippen LogP contribution in [0.25, 0.3) is 0 Å². The van der Waals surface area contributed by atoms with Crippen LogP contribution in [0.1, 0.15) is 52.7 Å². The first kappa shape index (κ1) is 26.3. The molecule has 0 atom stereocenters. The van der Waals surface area contributed by atoms with Crippen LogP contribution in [0.5, 0.6) is 0 Å². The van der Waals surface area contributed by atoms with Crippen molar-refractivity contribution in [1.82, 2.24) is 5.32 Å². The molecule has 2 aliphatic heterocycles. The molecule has 2 aromatic carbocycles. The van der Waals surface area contributed by atoms with E-state index in [0.29, 0.717) is 19.1 Å². The van der Waals surface area contributed by atoms with Gasteiger partial charge in [0.15, 0.2) is 5.78 Å². The number of anilines is 1. The third-order valence-corrected chi connectivity index (χ3v) is 6.24. The minimum atomic E-state index is -3.67. The fraction of sp³-hybridized carbons (Fsp3) is 0.440. The number of carbonyl (C=O) groups is 2. The van der Waals surface area contributed by atoms with Crippen LogP contribution in [0, 0.1) is 0 Å². The summed E-state index contributed by atoms with van der Waals surface area (Å²) in [5, 5.41) is 4.25. The van der Waals surface area contributed by atoms with Crippen molar-refractivity contribution < 1.29 is 22.6 Å². The molecule has 0 radical (unpaired) electrons. The minimum absolute atomic E-state index is 0.174. The highest BCUT2D eigenvalue weighted by atomic mass is 35.5. The number of Topliss-reactive ketones (excluding diaryl/α,β-unsaturated/α-hetero) is 1. The number of hydrogen-bond acceptors (Lipinski definition) is 5. The van der Waals surface area contributed by atoms with E-state index < -0.39 is 10.1 Å². The molecule has 1 amide bonds. The van der Waals surface area contributed by atoms with E-state index in [-0.39, 0.29) is 11.7 Å². The van der Waals surface area contributed by atoms with Crippen molar-refractivity contribution in [2.24, 2.45) is 0 Å². The lowest BCUT2D eigenvalue weighted by Crippen LogP contribution is -2.31. The predicted octanol–water partition coefficient (Wildman–Crippen LogP) is 3.86. The van der Waals surface area contributed by atoms with Gasteiger partial charge >= 0.3 is 0 Å². The second-order valence-corrected chi connectivity index (χ2v) is 10.5. The lowest BCUT2D eigenvalue weighted by atomic mass is 9.94. The number of nitrogens with one attached hydrogen (secondary N) is 1. The van der Waals surface area contributed by atoms with Gasteiger partial charge in [-0.25, -0.2) is 0 Å². The predicted molar refractivity (Wildman–Crippen MR) is 134 cm³/mol. The van der Waals surface area contributed by atoms with Gasteiger partial charge in [0, 0.05) is 23.6 Å². The molecule has 0 bridgehead atoms. The lowest BCUT2D eigenvalue weighted by molar-refractivity contribution is -0.117. The molecule has 0 saturated carbocycles. The van der Waals surface area contributed by atoms with Gasteiger partial charge in [-0.05, 0) is 80.1 Å². The summed E-state index contributed by atoms with van der Waals surface area (Å²) >= 11 is 6.17. The summed E-state index contributed by atoms with van der Waals surface area (Å²) in [5.41, 5.74) is 5.23. The number of unbranched alkanes of at least 4 members (excludes halogenated alkanes) is 1. The fourth-order valence-electron chi connectivity index (χ4n) is 4.37. The van der Waals surface area contributed by atoms with Crippen LogP contribution in [0.4, 0.5) is 5.69 Å². The first-order valence-electron chi connectivity index (χ1n) is 11.5. The highest BCUT2D eigenvalue weighted by Crippen LogP contribution is 2.37. The van der Waals surface area contributed by atoms with E-state index in [2.05, 4.69) is 11.4 Å². The van der Waals surface area contributed by atoms with Crippen molar-refractivity contribution in [3.8, 4) is 0 Å². The SMILES string of the molecule is CS(=O)(=O)O.O=C(CCCCNCCc1ccccc1Cl)c1cc2c3c(c1)CC(=O)N3CCC2. The summed E-state index contributed by atoms with van der Waals surface area (Å²) in [6.45, 7) is 2.60. The quantitative estimate of drug-likeness (QED) is 0.304. The number of carbonyl (C=O) groups excluding carboxylic acids is 2. The highest BCUT2D eigenvalue weighted by Gasteiger charge is 2.32. The number of ketones is 1. The zero-order valence-corrected chi connectivity index (χ0v) is 20.9. The number of amides is 1. The molecular weight excluding hydrogens is 476 g/mol. The molecule has 0 unspecified atom stereocenters. The molecule has 0 fully saturated rings. The van der Waals surface area contributed by atoms with E-state index >= 15 is 0 Å². The summed E-state index contributed by atoms with van der Waals surface area (Å²) in [7, 11) is -3.67. The zero-order valence-electron chi connectivity index (χ0n) is 19.3. The summed E-state index contributed by atoms with van der Waals surface area (Å²) < 4.78 is 25.9. The number of benzene rings is 2. The Bertz CT molecular complexity index is 1140. The van der Waals surface area contributed by atoms with E-state index in [0.717, 1.165) is 79.1 Å². The van der Waals surface area contributed by atoms with Crippen molar-refractivity contribution in [3.63, 3.8) is 0 Å². The van der Waals surface area contributed by atoms with Crippen LogP contribution >= 0.6 is 11.6 Å². The first-order valence-corrected chi connectivity index (χ1v) is 13.7. The monoisotopic (exact) mass is 506 g/mol. The minimum Gasteiger partial charge on any atom is -0.316 e. The highest BCUT2D eigenvalue weighted by molar-refractivity contribution is 7.85. The molecule has 0 saturated heterocycles. The van der Waals surface area contributed by atoms with Gasteiger partial charge < -0.3 is 10.2 Å². The fourth-order valence-corrected chi connectivity index (χ4v) is 4.60. The smallest absolute Gasteiger partial charge is 0.261 e. The van der Waals surface area contributed by atoms with Crippen LogP contribution < -0.4 is 10.2 Å². The third kappa shape index (κ3) is 7.63. The second-order valence-electron chi connectivity index (χ2n) is 8.67. The normalized spacial score (nSPS) is 14.4. The Hall–Kier alpha value is -2.26. The Morgan fingerprint density at radius 3 is 2.59 bits per heavy atom. The van der Waals surface area contributed by atoms with E-state index in [4.69, 9.17) is 16.2 Å². The molecule has 2 heterocycles. The first-order chi connectivity index (χ1) is 16.1. The molecule has 2 N–H and O–H groups in total. The molecule has 184 valence electrons. The van der Waals surface area contributed by atoms with Gasteiger partial charge in [0.1, 0.15) is 0 Å². The molecule has 9 heteroatoms. The number of aryl methyl sites for hydroxylation is 1. The molecule has 4 rings (SSSR count). The Balaban J connectivity index is 0.000000588. The van der Waals surface area contributed by atoms with Crippen molar-refractivity contribution in [2.75, 3.05) is 30.8 Å². The summed E-state index contributed by atoms with van der Waals surface area (Å²) in [6.07, 6.45) is 6.41. The molecule has 2 aliphatic rings. The van der Waals surface area contributed by atoms with Crippen molar-refractivity contribution >= 4 is 39.1 Å². The van der Waals surface area contributed by atoms with Gasteiger partial charge in [-0.15, -0.1) is 0 Å². The zero-order chi connectivity index (χ0) is 24.7. The lowest BCUT2D eigenvalue weighted by Gasteiger charge is -2.25. The number of hydrogen-bond donors (Lipinski definition) is 2. The summed E-state index contributed by atoms with van der Waals surface area (Å²) in [4.78, 5) is 26.7. The third-order valence-electron chi connectivity index (χ3n) is 5.87. The van der Waals surface area contributed by atoms with Gasteiger partial charge in [-0.3, -0.25) is 14.1 Å². The van der Waals surface area contributed by atoms with Crippen LogP contribution in [0.2, 0.25) is 5.02 Å². The topological polar surface area (TPSA) is 104 Å². The second kappa shape index (κ2) is 11.9. The summed E-state index contributed by atoms with van der Waals surface area (Å²) in [6, 6.07) is 11.9. The van der Waals surface area contributed by atoms with Crippen LogP contribution in [0.3, 0.4) is 0 Å². The Morgan fingerprint density at radius 1 is 1.15 bits per heavy atom. The average molecular weight is 507 g/mol. The number of nitrogens with zero attached hydrogens (tertiary/aromatic N) is 1.